The molecule has 0 aliphatic rings. The van der Waals surface area contributed by atoms with Gasteiger partial charge in [0.15, 0.2) is 0 Å². The van der Waals surface area contributed by atoms with Gasteiger partial charge in [0.1, 0.15) is 11.5 Å². The summed E-state index contributed by atoms with van der Waals surface area (Å²) in [5, 5.41) is 17.2. The fourth-order valence-corrected chi connectivity index (χ4v) is 1.56. The Balaban J connectivity index is 2.08. The van der Waals surface area contributed by atoms with E-state index in [1.807, 2.05) is 0 Å². The van der Waals surface area contributed by atoms with Gasteiger partial charge in [-0.15, -0.1) is 0 Å². The third-order valence-electron chi connectivity index (χ3n) is 1.98. The van der Waals surface area contributed by atoms with Crippen molar-refractivity contribution in [3.05, 3.63) is 52.4 Å². The van der Waals surface area contributed by atoms with Crippen LogP contribution in [0.25, 0.3) is 0 Å². The molecule has 0 saturated heterocycles. The highest BCUT2D eigenvalue weighted by Gasteiger charge is 1.97. The van der Waals surface area contributed by atoms with Crippen molar-refractivity contribution in [3.8, 4) is 5.75 Å². The molecule has 17 heavy (non-hydrogen) atoms. The molecule has 0 saturated carbocycles. The topological polar surface area (TPSA) is 58.1 Å². The van der Waals surface area contributed by atoms with Gasteiger partial charge in [-0.2, -0.15) is 10.2 Å². The number of aromatic hydroxyl groups is 1. The molecule has 1 N–H and O–H groups in total. The number of benzene rings is 1. The van der Waals surface area contributed by atoms with Crippen molar-refractivity contribution < 1.29 is 9.52 Å². The Morgan fingerprint density at radius 1 is 1.18 bits per heavy atom. The zero-order valence-corrected chi connectivity index (χ0v) is 10.3. The van der Waals surface area contributed by atoms with E-state index in [1.54, 1.807) is 36.6 Å². The largest absolute Gasteiger partial charge is 0.507 e. The Morgan fingerprint density at radius 3 is 2.76 bits per heavy atom. The van der Waals surface area contributed by atoms with Crippen LogP contribution in [0.3, 0.4) is 0 Å². The number of furan rings is 1. The number of rotatable bonds is 3. The molecule has 4 nitrogen and oxygen atoms in total. The average Bonchev–Trinajstić information content (AvgIpc) is 2.82. The van der Waals surface area contributed by atoms with Gasteiger partial charge < -0.3 is 9.52 Å². The van der Waals surface area contributed by atoms with E-state index in [1.165, 1.54) is 12.4 Å². The highest BCUT2D eigenvalue weighted by molar-refractivity contribution is 9.10. The first-order valence-corrected chi connectivity index (χ1v) is 5.63. The lowest BCUT2D eigenvalue weighted by Gasteiger charge is -1.97. The Kier molecular flexibility index (Phi) is 3.72. The van der Waals surface area contributed by atoms with Crippen molar-refractivity contribution in [1.82, 2.24) is 0 Å². The van der Waals surface area contributed by atoms with Crippen LogP contribution in [0.15, 0.2) is 55.7 Å². The number of phenols is 1. The van der Waals surface area contributed by atoms with E-state index in [0.717, 1.165) is 4.47 Å². The number of hydrogen-bond acceptors (Lipinski definition) is 4. The SMILES string of the molecule is Oc1ccc(Br)cc1/C=N/N=C/c1ccco1. The van der Waals surface area contributed by atoms with Crippen molar-refractivity contribution in [2.24, 2.45) is 10.2 Å². The lowest BCUT2D eigenvalue weighted by atomic mass is 10.2. The van der Waals surface area contributed by atoms with E-state index in [9.17, 15) is 5.11 Å². The minimum Gasteiger partial charge on any atom is -0.507 e. The van der Waals surface area contributed by atoms with Crippen molar-refractivity contribution in [3.63, 3.8) is 0 Å². The predicted octanol–water partition coefficient (Wildman–Crippen LogP) is 3.20. The van der Waals surface area contributed by atoms with E-state index in [4.69, 9.17) is 4.42 Å². The van der Waals surface area contributed by atoms with E-state index in [0.29, 0.717) is 11.3 Å². The molecule has 0 aliphatic heterocycles. The lowest BCUT2D eigenvalue weighted by molar-refractivity contribution is 0.474. The second-order valence-corrected chi connectivity index (χ2v) is 4.12. The molecule has 86 valence electrons. The third kappa shape index (κ3) is 3.29. The molecule has 1 aromatic heterocycles. The van der Waals surface area contributed by atoms with E-state index in [-0.39, 0.29) is 5.75 Å². The van der Waals surface area contributed by atoms with Crippen LogP contribution in [0.5, 0.6) is 5.75 Å². The summed E-state index contributed by atoms with van der Waals surface area (Å²) in [5.74, 6) is 0.783. The Morgan fingerprint density at radius 2 is 2.00 bits per heavy atom. The van der Waals surface area contributed by atoms with Crippen LogP contribution in [-0.2, 0) is 0 Å². The molecule has 2 rings (SSSR count). The fourth-order valence-electron chi connectivity index (χ4n) is 1.18. The summed E-state index contributed by atoms with van der Waals surface area (Å²) in [6.45, 7) is 0. The number of nitrogens with zero attached hydrogens (tertiary/aromatic N) is 2. The number of hydrogen-bond donors (Lipinski definition) is 1. The van der Waals surface area contributed by atoms with Gasteiger partial charge in [0.2, 0.25) is 0 Å². The predicted molar refractivity (Wildman–Crippen MR) is 69.7 cm³/mol. The maximum absolute atomic E-state index is 9.54. The molecule has 0 atom stereocenters. The summed E-state index contributed by atoms with van der Waals surface area (Å²) in [7, 11) is 0. The minimum atomic E-state index is 0.158. The molecular weight excluding hydrogens is 284 g/mol. The molecule has 0 bridgehead atoms. The zero-order chi connectivity index (χ0) is 12.1. The van der Waals surface area contributed by atoms with Crippen molar-refractivity contribution >= 4 is 28.4 Å². The van der Waals surface area contributed by atoms with E-state index >= 15 is 0 Å². The van der Waals surface area contributed by atoms with Gasteiger partial charge in [0.25, 0.3) is 0 Å². The van der Waals surface area contributed by atoms with Crippen LogP contribution in [0.4, 0.5) is 0 Å². The van der Waals surface area contributed by atoms with E-state index < -0.39 is 0 Å². The van der Waals surface area contributed by atoms with Gasteiger partial charge in [0, 0.05) is 10.0 Å². The van der Waals surface area contributed by atoms with Gasteiger partial charge in [0.05, 0.1) is 18.7 Å². The Hall–Kier alpha value is -1.88. The molecular formula is C12H9BrN2O2. The number of phenolic OH excluding ortho intramolecular Hbond substituents is 1. The molecule has 0 spiro atoms. The Labute approximate surface area is 106 Å². The lowest BCUT2D eigenvalue weighted by Crippen LogP contribution is -1.82. The summed E-state index contributed by atoms with van der Waals surface area (Å²) in [6, 6.07) is 8.63. The van der Waals surface area contributed by atoms with Crippen molar-refractivity contribution in [2.75, 3.05) is 0 Å². The highest BCUT2D eigenvalue weighted by Crippen LogP contribution is 2.19. The van der Waals surface area contributed by atoms with Crippen LogP contribution in [0.1, 0.15) is 11.3 Å². The number of halogens is 1. The maximum Gasteiger partial charge on any atom is 0.146 e. The molecule has 0 unspecified atom stereocenters. The van der Waals surface area contributed by atoms with Crippen LogP contribution in [0.2, 0.25) is 0 Å². The summed E-state index contributed by atoms with van der Waals surface area (Å²) in [6.07, 6.45) is 4.52. The van der Waals surface area contributed by atoms with Crippen molar-refractivity contribution in [2.45, 2.75) is 0 Å². The van der Waals surface area contributed by atoms with Gasteiger partial charge >= 0.3 is 0 Å². The zero-order valence-electron chi connectivity index (χ0n) is 8.75. The fraction of sp³-hybridized carbons (Fsp3) is 0. The summed E-state index contributed by atoms with van der Waals surface area (Å²) in [4.78, 5) is 0. The molecule has 1 heterocycles. The first-order chi connectivity index (χ1) is 8.25. The molecule has 0 amide bonds. The molecule has 5 heteroatoms. The van der Waals surface area contributed by atoms with Crippen LogP contribution < -0.4 is 0 Å². The molecule has 0 aliphatic carbocycles. The second kappa shape index (κ2) is 5.45. The van der Waals surface area contributed by atoms with Gasteiger partial charge in [-0.3, -0.25) is 0 Å². The molecule has 1 aromatic carbocycles. The van der Waals surface area contributed by atoms with Crippen molar-refractivity contribution in [1.29, 1.82) is 0 Å². The van der Waals surface area contributed by atoms with Crippen LogP contribution in [0, 0.1) is 0 Å². The Bertz CT molecular complexity index is 548. The quantitative estimate of drug-likeness (QED) is 0.698. The van der Waals surface area contributed by atoms with E-state index in [2.05, 4.69) is 26.1 Å². The smallest absolute Gasteiger partial charge is 0.146 e. The molecule has 0 radical (unpaired) electrons. The highest BCUT2D eigenvalue weighted by atomic mass is 79.9. The van der Waals surface area contributed by atoms with Gasteiger partial charge in [-0.1, -0.05) is 15.9 Å². The van der Waals surface area contributed by atoms with Crippen LogP contribution >= 0.6 is 15.9 Å². The summed E-state index contributed by atoms with van der Waals surface area (Å²) < 4.78 is 5.92. The first kappa shape index (κ1) is 11.6. The third-order valence-corrected chi connectivity index (χ3v) is 2.47. The van der Waals surface area contributed by atoms with Gasteiger partial charge in [-0.25, -0.2) is 0 Å². The first-order valence-electron chi connectivity index (χ1n) is 4.84. The molecule has 0 fully saturated rings. The normalized spacial score (nSPS) is 11.6. The minimum absolute atomic E-state index is 0.158. The average molecular weight is 293 g/mol. The maximum atomic E-state index is 9.54. The standard InChI is InChI=1S/C12H9BrN2O2/c13-10-3-4-12(16)9(6-10)7-14-15-8-11-2-1-5-17-11/h1-8,16H/b14-7+,15-8+. The van der Waals surface area contributed by atoms with Gasteiger partial charge in [-0.05, 0) is 30.3 Å². The summed E-state index contributed by atoms with van der Waals surface area (Å²) >= 11 is 3.31. The monoisotopic (exact) mass is 292 g/mol. The second-order valence-electron chi connectivity index (χ2n) is 3.21. The molecule has 2 aromatic rings. The van der Waals surface area contributed by atoms with Crippen LogP contribution in [-0.4, -0.2) is 17.5 Å². The summed E-state index contributed by atoms with van der Waals surface area (Å²) in [5.41, 5.74) is 0.593.